The second kappa shape index (κ2) is 7.56. The van der Waals surface area contributed by atoms with Crippen LogP contribution in [0.15, 0.2) is 15.7 Å². The van der Waals surface area contributed by atoms with Crippen molar-refractivity contribution in [3.05, 3.63) is 32.6 Å². The van der Waals surface area contributed by atoms with E-state index < -0.39 is 0 Å². The van der Waals surface area contributed by atoms with Crippen molar-refractivity contribution in [3.63, 3.8) is 0 Å². The molecule has 6 heteroatoms. The zero-order valence-corrected chi connectivity index (χ0v) is 14.0. The molecule has 0 radical (unpaired) electrons. The first-order chi connectivity index (χ1) is 9.75. The molecule has 0 spiro atoms. The second-order valence-corrected chi connectivity index (χ2v) is 5.98. The topological polar surface area (TPSA) is 59.3 Å². The molecule has 1 N–H and O–H groups in total. The number of rotatable bonds is 7. The van der Waals surface area contributed by atoms with Gasteiger partial charge in [-0.3, -0.25) is 18.8 Å². The van der Waals surface area contributed by atoms with Gasteiger partial charge < -0.3 is 5.32 Å². The van der Waals surface area contributed by atoms with Gasteiger partial charge >= 0.3 is 5.69 Å². The van der Waals surface area contributed by atoms with Crippen LogP contribution in [-0.4, -0.2) is 39.2 Å². The Bertz CT molecular complexity index is 564. The highest BCUT2D eigenvalue weighted by Crippen LogP contribution is 2.03. The van der Waals surface area contributed by atoms with Crippen molar-refractivity contribution in [1.29, 1.82) is 0 Å². The molecule has 0 aromatic carbocycles. The van der Waals surface area contributed by atoms with Crippen LogP contribution in [0.2, 0.25) is 0 Å². The van der Waals surface area contributed by atoms with E-state index >= 15 is 0 Å². The maximum Gasteiger partial charge on any atom is 0.330 e. The zero-order valence-electron chi connectivity index (χ0n) is 14.0. The van der Waals surface area contributed by atoms with Crippen molar-refractivity contribution in [2.75, 3.05) is 13.1 Å². The maximum absolute atomic E-state index is 11.8. The first kappa shape index (κ1) is 17.7. The smallest absolute Gasteiger partial charge is 0.310 e. The standard InChI is InChI=1S/C15H28N4O2/c1-11(2)19(12(3)4)8-7-16-10-13-9-14(20)18(6)15(21)17(13)5/h9,11-12,16H,7-8,10H2,1-6H3. The van der Waals surface area contributed by atoms with Gasteiger partial charge in [-0.25, -0.2) is 4.79 Å². The molecule has 1 aromatic rings. The molecule has 0 saturated heterocycles. The average Bonchev–Trinajstić information content (AvgIpc) is 2.40. The largest absolute Gasteiger partial charge is 0.330 e. The summed E-state index contributed by atoms with van der Waals surface area (Å²) in [7, 11) is 3.18. The molecule has 6 nitrogen and oxygen atoms in total. The van der Waals surface area contributed by atoms with Gasteiger partial charge in [0, 0.05) is 57.6 Å². The highest BCUT2D eigenvalue weighted by molar-refractivity contribution is 5.01. The number of nitrogens with one attached hydrogen (secondary N) is 1. The van der Waals surface area contributed by atoms with Crippen LogP contribution in [0.25, 0.3) is 0 Å². The fraction of sp³-hybridized carbons (Fsp3) is 0.733. The lowest BCUT2D eigenvalue weighted by molar-refractivity contribution is 0.175. The Hall–Kier alpha value is -1.40. The number of nitrogens with zero attached hydrogens (tertiary/aromatic N) is 3. The number of hydrogen-bond donors (Lipinski definition) is 1. The number of aromatic nitrogens is 2. The third-order valence-electron chi connectivity index (χ3n) is 3.80. The fourth-order valence-corrected chi connectivity index (χ4v) is 2.49. The molecule has 0 aliphatic heterocycles. The lowest BCUT2D eigenvalue weighted by atomic mass is 10.2. The van der Waals surface area contributed by atoms with Gasteiger partial charge in [-0.1, -0.05) is 0 Å². The summed E-state index contributed by atoms with van der Waals surface area (Å²) in [6.07, 6.45) is 0. The first-order valence-corrected chi connectivity index (χ1v) is 7.48. The third-order valence-corrected chi connectivity index (χ3v) is 3.80. The van der Waals surface area contributed by atoms with Gasteiger partial charge in [0.1, 0.15) is 0 Å². The Labute approximate surface area is 126 Å². The SMILES string of the molecule is CC(C)N(CCNCc1cc(=O)n(C)c(=O)n1C)C(C)C. The summed E-state index contributed by atoms with van der Waals surface area (Å²) >= 11 is 0. The molecule has 1 aromatic heterocycles. The first-order valence-electron chi connectivity index (χ1n) is 7.48. The molecule has 0 aliphatic rings. The van der Waals surface area contributed by atoms with Gasteiger partial charge in [0.2, 0.25) is 0 Å². The van der Waals surface area contributed by atoms with E-state index in [1.165, 1.54) is 17.7 Å². The monoisotopic (exact) mass is 296 g/mol. The van der Waals surface area contributed by atoms with E-state index in [9.17, 15) is 9.59 Å². The summed E-state index contributed by atoms with van der Waals surface area (Å²) < 4.78 is 2.62. The zero-order chi connectivity index (χ0) is 16.2. The van der Waals surface area contributed by atoms with E-state index in [2.05, 4.69) is 37.9 Å². The predicted molar refractivity (Wildman–Crippen MR) is 85.6 cm³/mol. The van der Waals surface area contributed by atoms with Crippen LogP contribution >= 0.6 is 0 Å². The maximum atomic E-state index is 11.8. The van der Waals surface area contributed by atoms with E-state index in [1.54, 1.807) is 7.05 Å². The molecule has 0 amide bonds. The van der Waals surface area contributed by atoms with E-state index in [1.807, 2.05) is 0 Å². The van der Waals surface area contributed by atoms with Crippen LogP contribution < -0.4 is 16.6 Å². The summed E-state index contributed by atoms with van der Waals surface area (Å²) in [4.78, 5) is 25.9. The Kier molecular flexibility index (Phi) is 6.36. The van der Waals surface area contributed by atoms with Crippen molar-refractivity contribution in [2.24, 2.45) is 14.1 Å². The minimum Gasteiger partial charge on any atom is -0.310 e. The van der Waals surface area contributed by atoms with Crippen LogP contribution in [0.5, 0.6) is 0 Å². The summed E-state index contributed by atoms with van der Waals surface area (Å²) in [5.74, 6) is 0. The van der Waals surface area contributed by atoms with Crippen molar-refractivity contribution in [1.82, 2.24) is 19.4 Å². The summed E-state index contributed by atoms with van der Waals surface area (Å²) in [6.45, 7) is 11.0. The van der Waals surface area contributed by atoms with E-state index in [0.29, 0.717) is 24.3 Å². The van der Waals surface area contributed by atoms with E-state index in [4.69, 9.17) is 0 Å². The molecule has 0 aliphatic carbocycles. The van der Waals surface area contributed by atoms with Crippen LogP contribution in [0, 0.1) is 0 Å². The van der Waals surface area contributed by atoms with Gasteiger partial charge in [0.25, 0.3) is 5.56 Å². The Balaban J connectivity index is 2.62. The van der Waals surface area contributed by atoms with Crippen molar-refractivity contribution < 1.29 is 0 Å². The molecule has 0 fully saturated rings. The van der Waals surface area contributed by atoms with Crippen molar-refractivity contribution >= 4 is 0 Å². The molecule has 0 atom stereocenters. The lowest BCUT2D eigenvalue weighted by Crippen LogP contribution is -2.42. The molecule has 1 rings (SSSR count). The number of hydrogen-bond acceptors (Lipinski definition) is 4. The minimum absolute atomic E-state index is 0.263. The molecule has 0 saturated carbocycles. The highest BCUT2D eigenvalue weighted by atomic mass is 16.2. The summed E-state index contributed by atoms with van der Waals surface area (Å²) in [5, 5.41) is 3.31. The van der Waals surface area contributed by atoms with Gasteiger partial charge in [-0.05, 0) is 27.7 Å². The van der Waals surface area contributed by atoms with Crippen LogP contribution in [0.4, 0.5) is 0 Å². The molecular formula is C15H28N4O2. The summed E-state index contributed by atoms with van der Waals surface area (Å²) in [6, 6.07) is 2.51. The fourth-order valence-electron chi connectivity index (χ4n) is 2.49. The Morgan fingerprint density at radius 3 is 2.19 bits per heavy atom. The molecule has 1 heterocycles. The highest BCUT2D eigenvalue weighted by Gasteiger charge is 2.12. The Morgan fingerprint density at radius 1 is 1.10 bits per heavy atom. The molecule has 0 unspecified atom stereocenters. The van der Waals surface area contributed by atoms with Gasteiger partial charge in [-0.2, -0.15) is 0 Å². The lowest BCUT2D eigenvalue weighted by Gasteiger charge is -2.30. The van der Waals surface area contributed by atoms with E-state index in [-0.39, 0.29) is 11.2 Å². The van der Waals surface area contributed by atoms with Gasteiger partial charge in [0.05, 0.1) is 0 Å². The molecule has 120 valence electrons. The average molecular weight is 296 g/mol. The minimum atomic E-state index is -0.287. The van der Waals surface area contributed by atoms with Crippen LogP contribution in [0.1, 0.15) is 33.4 Å². The quantitative estimate of drug-likeness (QED) is 0.735. The summed E-state index contributed by atoms with van der Waals surface area (Å²) in [5.41, 5.74) is 0.162. The van der Waals surface area contributed by atoms with E-state index in [0.717, 1.165) is 17.7 Å². The van der Waals surface area contributed by atoms with Gasteiger partial charge in [-0.15, -0.1) is 0 Å². The predicted octanol–water partition coefficient (Wildman–Crippen LogP) is 0.292. The van der Waals surface area contributed by atoms with Crippen LogP contribution in [-0.2, 0) is 20.6 Å². The normalized spacial score (nSPS) is 11.9. The van der Waals surface area contributed by atoms with Crippen molar-refractivity contribution in [3.8, 4) is 0 Å². The third kappa shape index (κ3) is 4.54. The Morgan fingerprint density at radius 2 is 1.67 bits per heavy atom. The second-order valence-electron chi connectivity index (χ2n) is 5.98. The molecule has 21 heavy (non-hydrogen) atoms. The van der Waals surface area contributed by atoms with Gasteiger partial charge in [0.15, 0.2) is 0 Å². The van der Waals surface area contributed by atoms with Crippen molar-refractivity contribution in [2.45, 2.75) is 46.3 Å². The molecular weight excluding hydrogens is 268 g/mol. The van der Waals surface area contributed by atoms with Crippen LogP contribution in [0.3, 0.4) is 0 Å². The molecule has 0 bridgehead atoms.